The highest BCUT2D eigenvalue weighted by Gasteiger charge is 2.20. The second kappa shape index (κ2) is 7.21. The molecule has 0 unspecified atom stereocenters. The summed E-state index contributed by atoms with van der Waals surface area (Å²) in [6.45, 7) is 0.232. The Balaban J connectivity index is 1.48. The van der Waals surface area contributed by atoms with E-state index in [9.17, 15) is 0 Å². The van der Waals surface area contributed by atoms with Gasteiger partial charge >= 0.3 is 0 Å². The molecule has 0 aliphatic carbocycles. The predicted molar refractivity (Wildman–Crippen MR) is 112 cm³/mol. The lowest BCUT2D eigenvalue weighted by Crippen LogP contribution is -1.97. The number of hydrogen-bond donors (Lipinski definition) is 1. The summed E-state index contributed by atoms with van der Waals surface area (Å²) in [5, 5.41) is 5.58. The van der Waals surface area contributed by atoms with E-state index in [4.69, 9.17) is 30.0 Å². The molecule has 5 rings (SSSR count). The molecule has 4 aromatic rings. The Morgan fingerprint density at radius 2 is 2.00 bits per heavy atom. The number of aromatic nitrogens is 3. The summed E-state index contributed by atoms with van der Waals surface area (Å²) in [5.74, 6) is 2.78. The highest BCUT2D eigenvalue weighted by atomic mass is 32.2. The van der Waals surface area contributed by atoms with Crippen LogP contribution < -0.4 is 19.9 Å². The summed E-state index contributed by atoms with van der Waals surface area (Å²) >= 11 is 1.63. The monoisotopic (exact) mass is 406 g/mol. The van der Waals surface area contributed by atoms with Crippen molar-refractivity contribution in [2.45, 2.75) is 10.8 Å². The van der Waals surface area contributed by atoms with Crippen molar-refractivity contribution in [2.24, 2.45) is 0 Å². The quantitative estimate of drug-likeness (QED) is 0.396. The van der Waals surface area contributed by atoms with Gasteiger partial charge in [-0.2, -0.15) is 9.61 Å². The summed E-state index contributed by atoms with van der Waals surface area (Å²) in [4.78, 5) is 4.70. The van der Waals surface area contributed by atoms with E-state index in [-0.39, 0.29) is 6.79 Å². The zero-order chi connectivity index (χ0) is 19.8. The van der Waals surface area contributed by atoms with E-state index in [1.165, 1.54) is 0 Å². The van der Waals surface area contributed by atoms with Gasteiger partial charge in [-0.3, -0.25) is 0 Å². The summed E-state index contributed by atoms with van der Waals surface area (Å²) in [6, 6.07) is 17.5. The normalized spacial score (nSPS) is 12.4. The van der Waals surface area contributed by atoms with E-state index in [1.807, 2.05) is 48.5 Å². The molecular weight excluding hydrogens is 388 g/mol. The molecule has 29 heavy (non-hydrogen) atoms. The number of nitrogens with zero attached hydrogens (tertiary/aromatic N) is 3. The van der Waals surface area contributed by atoms with Gasteiger partial charge in [-0.1, -0.05) is 23.9 Å². The summed E-state index contributed by atoms with van der Waals surface area (Å²) in [5.41, 5.74) is 10.1. The first kappa shape index (κ1) is 17.7. The zero-order valence-electron chi connectivity index (χ0n) is 15.7. The van der Waals surface area contributed by atoms with Gasteiger partial charge in [0.2, 0.25) is 12.7 Å². The number of anilines is 1. The van der Waals surface area contributed by atoms with Crippen molar-refractivity contribution >= 4 is 23.1 Å². The molecule has 7 nitrogen and oxygen atoms in total. The first-order valence-corrected chi connectivity index (χ1v) is 10.0. The Morgan fingerprint density at radius 1 is 1.10 bits per heavy atom. The van der Waals surface area contributed by atoms with Gasteiger partial charge in [0.05, 0.1) is 7.11 Å². The first-order valence-electron chi connectivity index (χ1n) is 9.02. The minimum absolute atomic E-state index is 0.232. The molecule has 0 radical (unpaired) electrons. The van der Waals surface area contributed by atoms with Crippen molar-refractivity contribution < 1.29 is 14.2 Å². The highest BCUT2D eigenvalue weighted by molar-refractivity contribution is 7.98. The molecule has 8 heteroatoms. The van der Waals surface area contributed by atoms with Crippen LogP contribution >= 0.6 is 11.8 Å². The first-order chi connectivity index (χ1) is 14.2. The molecule has 0 atom stereocenters. The second-order valence-electron chi connectivity index (χ2n) is 6.51. The smallest absolute Gasteiger partial charge is 0.243 e. The Morgan fingerprint density at radius 3 is 2.86 bits per heavy atom. The van der Waals surface area contributed by atoms with Crippen LogP contribution in [0.25, 0.3) is 16.9 Å². The summed E-state index contributed by atoms with van der Waals surface area (Å²) in [7, 11) is 1.62. The van der Waals surface area contributed by atoms with Crippen LogP contribution in [0, 0.1) is 0 Å². The van der Waals surface area contributed by atoms with E-state index >= 15 is 0 Å². The van der Waals surface area contributed by atoms with Gasteiger partial charge in [-0.25, -0.2) is 4.98 Å². The van der Waals surface area contributed by atoms with Crippen LogP contribution in [0.3, 0.4) is 0 Å². The lowest BCUT2D eigenvalue weighted by Gasteiger charge is -2.05. The van der Waals surface area contributed by atoms with Gasteiger partial charge in [-0.05, 0) is 48.0 Å². The Bertz CT molecular complexity index is 1210. The number of fused-ring (bicyclic) bond motifs is 2. The lowest BCUT2D eigenvalue weighted by molar-refractivity contribution is 0.174. The summed E-state index contributed by atoms with van der Waals surface area (Å²) < 4.78 is 18.2. The number of methoxy groups -OCH3 is 1. The van der Waals surface area contributed by atoms with Crippen LogP contribution in [0.2, 0.25) is 0 Å². The molecule has 2 aromatic carbocycles. The summed E-state index contributed by atoms with van der Waals surface area (Å²) in [6.07, 6.45) is 0. The van der Waals surface area contributed by atoms with Gasteiger partial charge in [0.25, 0.3) is 0 Å². The maximum Gasteiger partial charge on any atom is 0.243 e. The van der Waals surface area contributed by atoms with E-state index in [0.29, 0.717) is 23.0 Å². The third-order valence-electron chi connectivity index (χ3n) is 4.59. The third kappa shape index (κ3) is 3.31. The Labute approximate surface area is 171 Å². The number of thioether (sulfide) groups is 1. The van der Waals surface area contributed by atoms with Crippen molar-refractivity contribution in [3.05, 3.63) is 60.2 Å². The van der Waals surface area contributed by atoms with Crippen LogP contribution in [0.4, 0.5) is 5.69 Å². The van der Waals surface area contributed by atoms with Gasteiger partial charge in [-0.15, -0.1) is 0 Å². The Hall–Kier alpha value is -3.39. The molecular formula is C21H18N4O3S. The molecule has 0 fully saturated rings. The van der Waals surface area contributed by atoms with Gasteiger partial charge in [0, 0.05) is 17.0 Å². The van der Waals surface area contributed by atoms with Crippen LogP contribution in [0.1, 0.15) is 5.56 Å². The van der Waals surface area contributed by atoms with Crippen LogP contribution in [0.15, 0.2) is 59.6 Å². The molecule has 0 saturated carbocycles. The minimum atomic E-state index is 0.232. The molecule has 0 saturated heterocycles. The van der Waals surface area contributed by atoms with E-state index < -0.39 is 0 Å². The number of benzene rings is 2. The van der Waals surface area contributed by atoms with Gasteiger partial charge < -0.3 is 19.9 Å². The molecule has 0 bridgehead atoms. The molecule has 0 spiro atoms. The van der Waals surface area contributed by atoms with Crippen molar-refractivity contribution in [3.8, 4) is 28.6 Å². The fourth-order valence-corrected chi connectivity index (χ4v) is 4.03. The number of rotatable bonds is 5. The predicted octanol–water partition coefficient (Wildman–Crippen LogP) is 4.01. The zero-order valence-corrected chi connectivity index (χ0v) is 16.5. The van der Waals surface area contributed by atoms with Crippen molar-refractivity contribution in [1.29, 1.82) is 0 Å². The standard InChI is InChI=1S/C21H18N4O3S/c1-26-21-20(14-5-6-16-17(10-14)28-12-27-16)23-18-7-8-19(24-25(18)21)29-11-13-3-2-4-15(22)9-13/h2-10H,11-12,22H2,1H3. The molecule has 2 N–H and O–H groups in total. The van der Waals surface area contributed by atoms with Crippen molar-refractivity contribution in [3.63, 3.8) is 0 Å². The largest absolute Gasteiger partial charge is 0.479 e. The highest BCUT2D eigenvalue weighted by Crippen LogP contribution is 2.38. The van der Waals surface area contributed by atoms with E-state index in [2.05, 4.69) is 6.07 Å². The van der Waals surface area contributed by atoms with Crippen LogP contribution in [-0.2, 0) is 5.75 Å². The topological polar surface area (TPSA) is 83.9 Å². The maximum atomic E-state index is 5.86. The molecule has 0 amide bonds. The fourth-order valence-electron chi connectivity index (χ4n) is 3.23. The number of ether oxygens (including phenoxy) is 3. The SMILES string of the molecule is COc1c(-c2ccc3c(c2)OCO3)nc2ccc(SCc3cccc(N)c3)nn12. The fraction of sp³-hybridized carbons (Fsp3) is 0.143. The van der Waals surface area contributed by atoms with E-state index in [0.717, 1.165) is 33.3 Å². The molecule has 1 aliphatic rings. The molecule has 146 valence electrons. The second-order valence-corrected chi connectivity index (χ2v) is 7.51. The van der Waals surface area contributed by atoms with Crippen molar-refractivity contribution in [1.82, 2.24) is 14.6 Å². The molecule has 3 heterocycles. The average molecular weight is 406 g/mol. The third-order valence-corrected chi connectivity index (χ3v) is 5.58. The van der Waals surface area contributed by atoms with Crippen LogP contribution in [0.5, 0.6) is 17.4 Å². The Kier molecular flexibility index (Phi) is 4.40. The van der Waals surface area contributed by atoms with Gasteiger partial charge in [0.15, 0.2) is 17.1 Å². The number of imidazole rings is 1. The lowest BCUT2D eigenvalue weighted by atomic mass is 10.1. The number of nitrogen functional groups attached to an aromatic ring is 1. The molecule has 1 aliphatic heterocycles. The number of hydrogen-bond acceptors (Lipinski definition) is 7. The minimum Gasteiger partial charge on any atom is -0.479 e. The maximum absolute atomic E-state index is 5.86. The van der Waals surface area contributed by atoms with Gasteiger partial charge in [0.1, 0.15) is 10.7 Å². The average Bonchev–Trinajstić information content (AvgIpc) is 3.35. The number of nitrogens with two attached hydrogens (primary N) is 1. The van der Waals surface area contributed by atoms with Crippen molar-refractivity contribution in [2.75, 3.05) is 19.6 Å². The molecule has 2 aromatic heterocycles. The van der Waals surface area contributed by atoms with Crippen LogP contribution in [-0.4, -0.2) is 28.5 Å². The van der Waals surface area contributed by atoms with E-state index in [1.54, 1.807) is 23.4 Å².